The smallest absolute Gasteiger partial charge is 0.326 e. The first-order chi connectivity index (χ1) is 7.41. The zero-order valence-corrected chi connectivity index (χ0v) is 11.3. The number of rotatable bonds is 4. The van der Waals surface area contributed by atoms with Crippen LogP contribution in [0.25, 0.3) is 0 Å². The maximum Gasteiger partial charge on any atom is 0.326 e. The monoisotopic (exact) mass is 305 g/mol. The van der Waals surface area contributed by atoms with Gasteiger partial charge in [0.1, 0.15) is 6.04 Å². The molecule has 1 rings (SSSR count). The van der Waals surface area contributed by atoms with Crippen LogP contribution < -0.4 is 5.32 Å². The molecule has 0 spiro atoms. The fraction of sp³-hybridized carbons (Fsp3) is 0.364. The molecule has 3 nitrogen and oxygen atoms in total. The molecule has 0 saturated carbocycles. The minimum atomic E-state index is -0.881. The van der Waals surface area contributed by atoms with Crippen molar-refractivity contribution in [3.8, 4) is 0 Å². The molecule has 0 aromatic heterocycles. The first-order valence-corrected chi connectivity index (χ1v) is 6.03. The summed E-state index contributed by atoms with van der Waals surface area (Å²) in [6, 6.07) is 4.65. The minimum Gasteiger partial charge on any atom is -0.480 e. The molecule has 0 fully saturated rings. The van der Waals surface area contributed by atoms with Gasteiger partial charge >= 0.3 is 5.97 Å². The standard InChI is InChI=1S/C11H13BrClNO2/c1-6(2)10(11(15)16)14-9-4-3-7(12)5-8(9)13/h3-6,10,14H,1-2H3,(H,15,16). The molecule has 0 aliphatic rings. The summed E-state index contributed by atoms with van der Waals surface area (Å²) >= 11 is 9.29. The number of aliphatic carboxylic acids is 1. The van der Waals surface area contributed by atoms with Gasteiger partial charge in [0.15, 0.2) is 0 Å². The zero-order valence-electron chi connectivity index (χ0n) is 9.00. The number of hydrogen-bond donors (Lipinski definition) is 2. The van der Waals surface area contributed by atoms with Crippen LogP contribution >= 0.6 is 27.5 Å². The van der Waals surface area contributed by atoms with Crippen molar-refractivity contribution in [3.05, 3.63) is 27.7 Å². The zero-order chi connectivity index (χ0) is 12.3. The van der Waals surface area contributed by atoms with E-state index in [1.54, 1.807) is 12.1 Å². The van der Waals surface area contributed by atoms with E-state index in [1.807, 2.05) is 19.9 Å². The van der Waals surface area contributed by atoms with Gasteiger partial charge in [0.25, 0.3) is 0 Å². The Kier molecular flexibility index (Phi) is 4.62. The van der Waals surface area contributed by atoms with Crippen molar-refractivity contribution in [1.82, 2.24) is 0 Å². The predicted molar refractivity (Wildman–Crippen MR) is 69.0 cm³/mol. The summed E-state index contributed by atoms with van der Waals surface area (Å²) in [7, 11) is 0. The van der Waals surface area contributed by atoms with Crippen LogP contribution in [0.4, 0.5) is 5.69 Å². The van der Waals surface area contributed by atoms with Crippen molar-refractivity contribution in [2.75, 3.05) is 5.32 Å². The molecule has 16 heavy (non-hydrogen) atoms. The van der Waals surface area contributed by atoms with E-state index in [2.05, 4.69) is 21.2 Å². The second kappa shape index (κ2) is 5.55. The van der Waals surface area contributed by atoms with Gasteiger partial charge in [0.2, 0.25) is 0 Å². The normalized spacial score (nSPS) is 12.6. The van der Waals surface area contributed by atoms with Crippen LogP contribution in [-0.2, 0) is 4.79 Å². The van der Waals surface area contributed by atoms with Gasteiger partial charge in [-0.3, -0.25) is 0 Å². The second-order valence-electron chi connectivity index (χ2n) is 3.83. The molecule has 2 N–H and O–H groups in total. The first kappa shape index (κ1) is 13.3. The molecule has 0 heterocycles. The fourth-order valence-corrected chi connectivity index (χ4v) is 2.02. The van der Waals surface area contributed by atoms with E-state index in [0.717, 1.165) is 4.47 Å². The van der Waals surface area contributed by atoms with Crippen LogP contribution in [0.15, 0.2) is 22.7 Å². The number of carboxylic acids is 1. The predicted octanol–water partition coefficient (Wildman–Crippen LogP) is 3.62. The first-order valence-electron chi connectivity index (χ1n) is 4.86. The van der Waals surface area contributed by atoms with E-state index in [9.17, 15) is 4.79 Å². The van der Waals surface area contributed by atoms with Crippen molar-refractivity contribution in [2.24, 2.45) is 5.92 Å². The number of carbonyl (C=O) groups is 1. The highest BCUT2D eigenvalue weighted by Gasteiger charge is 2.21. The number of benzene rings is 1. The third-order valence-corrected chi connectivity index (χ3v) is 2.98. The Labute approximate surface area is 108 Å². The van der Waals surface area contributed by atoms with E-state index in [0.29, 0.717) is 10.7 Å². The van der Waals surface area contributed by atoms with Gasteiger partial charge in [-0.2, -0.15) is 0 Å². The van der Waals surface area contributed by atoms with Gasteiger partial charge in [-0.1, -0.05) is 41.4 Å². The number of anilines is 1. The SMILES string of the molecule is CC(C)C(Nc1ccc(Br)cc1Cl)C(=O)O. The van der Waals surface area contributed by atoms with Crippen LogP contribution in [0.5, 0.6) is 0 Å². The molecule has 0 amide bonds. The average molecular weight is 307 g/mol. The van der Waals surface area contributed by atoms with Crippen LogP contribution in [0.3, 0.4) is 0 Å². The Morgan fingerprint density at radius 2 is 2.12 bits per heavy atom. The number of carboxylic acid groups (broad SMARTS) is 1. The highest BCUT2D eigenvalue weighted by molar-refractivity contribution is 9.10. The lowest BCUT2D eigenvalue weighted by Gasteiger charge is -2.19. The lowest BCUT2D eigenvalue weighted by Crippen LogP contribution is -2.34. The van der Waals surface area contributed by atoms with Gasteiger partial charge in [0, 0.05) is 4.47 Å². The Morgan fingerprint density at radius 3 is 2.56 bits per heavy atom. The summed E-state index contributed by atoms with van der Waals surface area (Å²) in [4.78, 5) is 11.0. The van der Waals surface area contributed by atoms with Gasteiger partial charge in [-0.25, -0.2) is 4.79 Å². The molecule has 1 unspecified atom stereocenters. The fourth-order valence-electron chi connectivity index (χ4n) is 1.29. The topological polar surface area (TPSA) is 49.3 Å². The molecule has 0 aliphatic heterocycles. The maximum absolute atomic E-state index is 11.0. The van der Waals surface area contributed by atoms with E-state index in [4.69, 9.17) is 16.7 Å². The van der Waals surface area contributed by atoms with Crippen molar-refractivity contribution >= 4 is 39.2 Å². The molecule has 88 valence electrons. The summed E-state index contributed by atoms with van der Waals surface area (Å²) in [6.45, 7) is 3.69. The van der Waals surface area contributed by atoms with Crippen molar-refractivity contribution in [1.29, 1.82) is 0 Å². The maximum atomic E-state index is 11.0. The number of hydrogen-bond acceptors (Lipinski definition) is 2. The molecule has 0 radical (unpaired) electrons. The van der Waals surface area contributed by atoms with Crippen molar-refractivity contribution < 1.29 is 9.90 Å². The summed E-state index contributed by atoms with van der Waals surface area (Å²) < 4.78 is 0.861. The molecule has 0 aliphatic carbocycles. The summed E-state index contributed by atoms with van der Waals surface area (Å²) in [5, 5.41) is 12.5. The van der Waals surface area contributed by atoms with Gasteiger partial charge in [-0.15, -0.1) is 0 Å². The molecule has 1 aromatic carbocycles. The third kappa shape index (κ3) is 3.39. The molecule has 1 atom stereocenters. The number of nitrogens with one attached hydrogen (secondary N) is 1. The van der Waals surface area contributed by atoms with Gasteiger partial charge in [0.05, 0.1) is 10.7 Å². The molecular formula is C11H13BrClNO2. The molecule has 0 bridgehead atoms. The van der Waals surface area contributed by atoms with Crippen LogP contribution in [0, 0.1) is 5.92 Å². The van der Waals surface area contributed by atoms with E-state index < -0.39 is 12.0 Å². The highest BCUT2D eigenvalue weighted by Crippen LogP contribution is 2.27. The largest absolute Gasteiger partial charge is 0.480 e. The third-order valence-electron chi connectivity index (χ3n) is 2.17. The molecule has 0 saturated heterocycles. The summed E-state index contributed by atoms with van der Waals surface area (Å²) in [5.74, 6) is -0.897. The van der Waals surface area contributed by atoms with Crippen LogP contribution in [0.1, 0.15) is 13.8 Å². The van der Waals surface area contributed by atoms with E-state index in [1.165, 1.54) is 0 Å². The van der Waals surface area contributed by atoms with E-state index >= 15 is 0 Å². The van der Waals surface area contributed by atoms with Crippen LogP contribution in [0.2, 0.25) is 5.02 Å². The average Bonchev–Trinajstić information content (AvgIpc) is 2.15. The van der Waals surface area contributed by atoms with Gasteiger partial charge < -0.3 is 10.4 Å². The minimum absolute atomic E-state index is 0.0165. The lowest BCUT2D eigenvalue weighted by molar-refractivity contribution is -0.138. The molecule has 5 heteroatoms. The Bertz CT molecular complexity index is 396. The van der Waals surface area contributed by atoms with Crippen LogP contribution in [-0.4, -0.2) is 17.1 Å². The van der Waals surface area contributed by atoms with Crippen molar-refractivity contribution in [3.63, 3.8) is 0 Å². The lowest BCUT2D eigenvalue weighted by atomic mass is 10.0. The summed E-state index contributed by atoms with van der Waals surface area (Å²) in [6.07, 6.45) is 0. The molecular weight excluding hydrogens is 293 g/mol. The Hall–Kier alpha value is -0.740. The Balaban J connectivity index is 2.90. The highest BCUT2D eigenvalue weighted by atomic mass is 79.9. The quantitative estimate of drug-likeness (QED) is 0.893. The number of halogens is 2. The van der Waals surface area contributed by atoms with Crippen molar-refractivity contribution in [2.45, 2.75) is 19.9 Å². The Morgan fingerprint density at radius 1 is 1.50 bits per heavy atom. The second-order valence-corrected chi connectivity index (χ2v) is 5.15. The van der Waals surface area contributed by atoms with Gasteiger partial charge in [-0.05, 0) is 24.1 Å². The molecule has 1 aromatic rings. The van der Waals surface area contributed by atoms with E-state index in [-0.39, 0.29) is 5.92 Å². The summed E-state index contributed by atoms with van der Waals surface area (Å²) in [5.41, 5.74) is 0.631.